The highest BCUT2D eigenvalue weighted by molar-refractivity contribution is 7.22. The number of ether oxygens (including phenoxy) is 4. The molecule has 0 radical (unpaired) electrons. The summed E-state index contributed by atoms with van der Waals surface area (Å²) in [7, 11) is 3.21. The second kappa shape index (κ2) is 10.6. The minimum Gasteiger partial charge on any atom is -0.497 e. The molecule has 0 aliphatic carbocycles. The van der Waals surface area contributed by atoms with Crippen LogP contribution >= 0.6 is 11.3 Å². The fourth-order valence-corrected chi connectivity index (χ4v) is 4.52. The van der Waals surface area contributed by atoms with E-state index in [-0.39, 0.29) is 12.5 Å². The van der Waals surface area contributed by atoms with Crippen molar-refractivity contribution in [3.63, 3.8) is 0 Å². The molecule has 2 heterocycles. The van der Waals surface area contributed by atoms with Crippen molar-refractivity contribution in [1.29, 1.82) is 0 Å². The maximum absolute atomic E-state index is 13.2. The number of hydrogen-bond donors (Lipinski definition) is 0. The molecule has 0 spiro atoms. The highest BCUT2D eigenvalue weighted by atomic mass is 32.1. The van der Waals surface area contributed by atoms with Crippen LogP contribution in [0, 0.1) is 0 Å². The lowest BCUT2D eigenvalue weighted by molar-refractivity contribution is -0.120. The molecule has 0 N–H and O–H groups in total. The first-order valence-corrected chi connectivity index (χ1v) is 11.3. The maximum Gasteiger partial charge on any atom is 0.266 e. The maximum atomic E-state index is 13.2. The zero-order chi connectivity index (χ0) is 22.3. The number of nitrogens with zero attached hydrogens (tertiary/aromatic N) is 3. The molecule has 1 aliphatic heterocycles. The van der Waals surface area contributed by atoms with Crippen molar-refractivity contribution in [2.45, 2.75) is 0 Å². The Balaban J connectivity index is 1.53. The zero-order valence-electron chi connectivity index (χ0n) is 18.3. The lowest BCUT2D eigenvalue weighted by Crippen LogP contribution is -2.44. The van der Waals surface area contributed by atoms with Crippen LogP contribution in [-0.4, -0.2) is 76.0 Å². The van der Waals surface area contributed by atoms with Gasteiger partial charge in [-0.15, -0.1) is 0 Å². The second-order valence-electron chi connectivity index (χ2n) is 7.27. The molecule has 0 unspecified atom stereocenters. The quantitative estimate of drug-likeness (QED) is 0.489. The fourth-order valence-electron chi connectivity index (χ4n) is 3.48. The second-order valence-corrected chi connectivity index (χ2v) is 8.28. The molecule has 1 aromatic heterocycles. The Morgan fingerprint density at radius 3 is 2.66 bits per heavy atom. The number of para-hydroxylation sites is 2. The summed E-state index contributed by atoms with van der Waals surface area (Å²) in [5, 5.41) is 0.648. The summed E-state index contributed by atoms with van der Waals surface area (Å²) >= 11 is 1.47. The third kappa shape index (κ3) is 5.29. The van der Waals surface area contributed by atoms with Crippen LogP contribution in [0.5, 0.6) is 17.2 Å². The average Bonchev–Trinajstić information content (AvgIpc) is 3.26. The number of thiazole rings is 1. The molecule has 1 aliphatic rings. The van der Waals surface area contributed by atoms with Gasteiger partial charge >= 0.3 is 0 Å². The van der Waals surface area contributed by atoms with Crippen molar-refractivity contribution >= 4 is 32.6 Å². The summed E-state index contributed by atoms with van der Waals surface area (Å²) < 4.78 is 22.8. The van der Waals surface area contributed by atoms with Crippen molar-refractivity contribution in [3.05, 3.63) is 42.5 Å². The number of anilines is 1. The molecule has 4 rings (SSSR count). The van der Waals surface area contributed by atoms with Crippen molar-refractivity contribution < 1.29 is 23.7 Å². The summed E-state index contributed by atoms with van der Waals surface area (Å²) in [5.74, 6) is 1.73. The lowest BCUT2D eigenvalue weighted by atomic mass is 10.3. The normalized spacial score (nSPS) is 14.3. The van der Waals surface area contributed by atoms with Crippen LogP contribution in [0.4, 0.5) is 5.13 Å². The lowest BCUT2D eigenvalue weighted by Gasteiger charge is -2.29. The monoisotopic (exact) mass is 457 g/mol. The van der Waals surface area contributed by atoms with Gasteiger partial charge in [0.05, 0.1) is 37.6 Å². The van der Waals surface area contributed by atoms with Crippen molar-refractivity contribution in [2.24, 2.45) is 0 Å². The molecule has 8 nitrogen and oxygen atoms in total. The number of carbonyl (C=O) groups is 1. The van der Waals surface area contributed by atoms with Crippen LogP contribution in [-0.2, 0) is 9.53 Å². The number of hydrogen-bond acceptors (Lipinski definition) is 8. The standard InChI is InChI=1S/C23H27N3O5S/c1-28-17-7-8-18-21(15-17)32-23(24-18)26(10-9-25-11-13-30-14-12-25)22(27)16-31-20-6-4-3-5-19(20)29-2/h3-8,15H,9-14,16H2,1-2H3. The van der Waals surface area contributed by atoms with Gasteiger partial charge in [-0.3, -0.25) is 14.6 Å². The predicted molar refractivity (Wildman–Crippen MR) is 124 cm³/mol. The van der Waals surface area contributed by atoms with E-state index in [1.165, 1.54) is 11.3 Å². The minimum atomic E-state index is -0.157. The molecular formula is C23H27N3O5S. The Morgan fingerprint density at radius 2 is 1.91 bits per heavy atom. The van der Waals surface area contributed by atoms with Gasteiger partial charge in [0.2, 0.25) is 0 Å². The van der Waals surface area contributed by atoms with Crippen molar-refractivity contribution in [1.82, 2.24) is 9.88 Å². The molecule has 1 saturated heterocycles. The molecule has 1 amide bonds. The van der Waals surface area contributed by atoms with E-state index < -0.39 is 0 Å². The largest absolute Gasteiger partial charge is 0.497 e. The van der Waals surface area contributed by atoms with Crippen LogP contribution in [0.2, 0.25) is 0 Å². The highest BCUT2D eigenvalue weighted by Gasteiger charge is 2.22. The van der Waals surface area contributed by atoms with E-state index in [0.29, 0.717) is 36.4 Å². The van der Waals surface area contributed by atoms with E-state index in [2.05, 4.69) is 4.90 Å². The zero-order valence-corrected chi connectivity index (χ0v) is 19.1. The molecule has 0 atom stereocenters. The van der Waals surface area contributed by atoms with Crippen LogP contribution in [0.3, 0.4) is 0 Å². The smallest absolute Gasteiger partial charge is 0.266 e. The number of benzene rings is 2. The summed E-state index contributed by atoms with van der Waals surface area (Å²) in [5.41, 5.74) is 0.834. The number of carbonyl (C=O) groups excluding carboxylic acids is 1. The molecular weight excluding hydrogens is 430 g/mol. The van der Waals surface area contributed by atoms with Gasteiger partial charge in [0.1, 0.15) is 5.75 Å². The van der Waals surface area contributed by atoms with Gasteiger partial charge < -0.3 is 18.9 Å². The molecule has 2 aromatic carbocycles. The number of methoxy groups -OCH3 is 2. The summed E-state index contributed by atoms with van der Waals surface area (Å²) in [4.78, 5) is 22.0. The minimum absolute atomic E-state index is 0.108. The third-order valence-electron chi connectivity index (χ3n) is 5.28. The van der Waals surface area contributed by atoms with Gasteiger partial charge in [-0.25, -0.2) is 4.98 Å². The first-order chi connectivity index (χ1) is 15.7. The number of amides is 1. The molecule has 9 heteroatoms. The van der Waals surface area contributed by atoms with E-state index >= 15 is 0 Å². The van der Waals surface area contributed by atoms with Crippen LogP contribution in [0.25, 0.3) is 10.2 Å². The Labute approximate surface area is 191 Å². The van der Waals surface area contributed by atoms with Crippen LogP contribution < -0.4 is 19.1 Å². The Hall–Kier alpha value is -2.88. The Kier molecular flexibility index (Phi) is 7.41. The summed E-state index contributed by atoms with van der Waals surface area (Å²) in [6.45, 7) is 4.29. The molecule has 0 saturated carbocycles. The first kappa shape index (κ1) is 22.3. The molecule has 170 valence electrons. The SMILES string of the molecule is COc1ccc2nc(N(CCN3CCOCC3)C(=O)COc3ccccc3OC)sc2c1. The van der Waals surface area contributed by atoms with Gasteiger partial charge in [0.15, 0.2) is 23.2 Å². The predicted octanol–water partition coefficient (Wildman–Crippen LogP) is 3.06. The van der Waals surface area contributed by atoms with Gasteiger partial charge in [0.25, 0.3) is 5.91 Å². The third-order valence-corrected chi connectivity index (χ3v) is 6.32. The fraction of sp³-hybridized carbons (Fsp3) is 0.391. The molecule has 0 bridgehead atoms. The molecule has 1 fully saturated rings. The van der Waals surface area contributed by atoms with Crippen molar-refractivity contribution in [3.8, 4) is 17.2 Å². The van der Waals surface area contributed by atoms with E-state index in [4.69, 9.17) is 23.9 Å². The van der Waals surface area contributed by atoms with Crippen molar-refractivity contribution in [2.75, 3.05) is 65.1 Å². The van der Waals surface area contributed by atoms with E-state index in [0.717, 1.165) is 35.6 Å². The van der Waals surface area contributed by atoms with Crippen LogP contribution in [0.15, 0.2) is 42.5 Å². The van der Waals surface area contributed by atoms with Gasteiger partial charge in [-0.1, -0.05) is 23.5 Å². The first-order valence-electron chi connectivity index (χ1n) is 10.5. The summed E-state index contributed by atoms with van der Waals surface area (Å²) in [6.07, 6.45) is 0. The molecule has 3 aromatic rings. The number of aromatic nitrogens is 1. The van der Waals surface area contributed by atoms with Crippen LogP contribution in [0.1, 0.15) is 0 Å². The Morgan fingerprint density at radius 1 is 1.12 bits per heavy atom. The van der Waals surface area contributed by atoms with Gasteiger partial charge in [-0.05, 0) is 30.3 Å². The summed E-state index contributed by atoms with van der Waals surface area (Å²) in [6, 6.07) is 13.0. The average molecular weight is 458 g/mol. The van der Waals surface area contributed by atoms with E-state index in [1.807, 2.05) is 30.3 Å². The van der Waals surface area contributed by atoms with Gasteiger partial charge in [0, 0.05) is 26.2 Å². The highest BCUT2D eigenvalue weighted by Crippen LogP contribution is 2.32. The topological polar surface area (TPSA) is 73.4 Å². The number of rotatable bonds is 9. The Bertz CT molecular complexity index is 1050. The number of morpholine rings is 1. The van der Waals surface area contributed by atoms with E-state index in [1.54, 1.807) is 31.3 Å². The number of fused-ring (bicyclic) bond motifs is 1. The van der Waals surface area contributed by atoms with Gasteiger partial charge in [-0.2, -0.15) is 0 Å². The van der Waals surface area contributed by atoms with E-state index in [9.17, 15) is 4.79 Å². The molecule has 32 heavy (non-hydrogen) atoms.